The number of hydrogen-bond donors (Lipinski definition) is 2. The summed E-state index contributed by atoms with van der Waals surface area (Å²) in [6.45, 7) is 0.265. The fraction of sp³-hybridized carbons (Fsp3) is 0.154. The number of fused-ring (bicyclic) bond motifs is 2. The number of allylic oxidation sites excluding steroid dienone is 1. The molecule has 154 valence electrons. The van der Waals surface area contributed by atoms with E-state index in [9.17, 15) is 4.79 Å². The van der Waals surface area contributed by atoms with Gasteiger partial charge in [-0.2, -0.15) is 0 Å². The van der Waals surface area contributed by atoms with Crippen LogP contribution in [0.1, 0.15) is 32.6 Å². The lowest BCUT2D eigenvalue weighted by atomic mass is 10.0. The summed E-state index contributed by atoms with van der Waals surface area (Å²) in [4.78, 5) is 17.4. The van der Waals surface area contributed by atoms with Gasteiger partial charge in [-0.3, -0.25) is 9.79 Å². The molecule has 2 aliphatic rings. The lowest BCUT2D eigenvalue weighted by Gasteiger charge is -2.08. The van der Waals surface area contributed by atoms with Gasteiger partial charge in [0.2, 0.25) is 0 Å². The predicted molar refractivity (Wildman–Crippen MR) is 122 cm³/mol. The molecule has 0 aromatic heterocycles. The molecule has 5 heteroatoms. The number of rotatable bonds is 6. The molecule has 1 aliphatic heterocycles. The van der Waals surface area contributed by atoms with Gasteiger partial charge in [0.25, 0.3) is 5.91 Å². The van der Waals surface area contributed by atoms with Crippen molar-refractivity contribution in [3.8, 4) is 5.75 Å². The first-order chi connectivity index (χ1) is 15.2. The van der Waals surface area contributed by atoms with Gasteiger partial charge in [-0.1, -0.05) is 30.4 Å². The van der Waals surface area contributed by atoms with Crippen molar-refractivity contribution < 1.29 is 14.6 Å². The highest BCUT2D eigenvalue weighted by Gasteiger charge is 2.17. The monoisotopic (exact) mass is 410 g/mol. The van der Waals surface area contributed by atoms with Gasteiger partial charge in [-0.25, -0.2) is 0 Å². The molecule has 1 heterocycles. The summed E-state index contributed by atoms with van der Waals surface area (Å²) < 4.78 is 5.49. The van der Waals surface area contributed by atoms with Crippen molar-refractivity contribution in [2.45, 2.75) is 12.8 Å². The van der Waals surface area contributed by atoms with Gasteiger partial charge >= 0.3 is 0 Å². The first kappa shape index (κ1) is 19.3. The van der Waals surface area contributed by atoms with Crippen LogP contribution in [0.4, 0.5) is 11.4 Å². The number of aliphatic hydroxyl groups is 1. The number of nitrogens with one attached hydrogen (secondary N) is 1. The molecule has 0 saturated carbocycles. The Labute approximate surface area is 180 Å². The summed E-state index contributed by atoms with van der Waals surface area (Å²) in [5.41, 5.74) is 7.85. The fourth-order valence-electron chi connectivity index (χ4n) is 3.95. The third-order valence-electron chi connectivity index (χ3n) is 5.54. The van der Waals surface area contributed by atoms with Crippen LogP contribution in [-0.4, -0.2) is 29.9 Å². The highest BCUT2D eigenvalue weighted by Crippen LogP contribution is 2.32. The van der Waals surface area contributed by atoms with E-state index in [1.54, 1.807) is 0 Å². The van der Waals surface area contributed by atoms with E-state index in [1.165, 1.54) is 11.1 Å². The number of nitrogens with zero attached hydrogens (tertiary/aromatic N) is 1. The molecule has 0 fully saturated rings. The zero-order chi connectivity index (χ0) is 21.2. The van der Waals surface area contributed by atoms with E-state index >= 15 is 0 Å². The molecule has 5 rings (SSSR count). The topological polar surface area (TPSA) is 70.9 Å². The van der Waals surface area contributed by atoms with Crippen molar-refractivity contribution in [3.05, 3.63) is 94.6 Å². The molecule has 3 aromatic rings. The van der Waals surface area contributed by atoms with E-state index in [4.69, 9.17) is 14.8 Å². The molecule has 3 aromatic carbocycles. The van der Waals surface area contributed by atoms with Crippen LogP contribution in [-0.2, 0) is 12.8 Å². The number of ether oxygens (including phenoxy) is 1. The first-order valence-electron chi connectivity index (χ1n) is 10.3. The normalized spacial score (nSPS) is 13.5. The number of aliphatic hydroxyl groups excluding tert-OH is 1. The van der Waals surface area contributed by atoms with E-state index in [-0.39, 0.29) is 19.1 Å². The Kier molecular flexibility index (Phi) is 5.10. The summed E-state index contributed by atoms with van der Waals surface area (Å²) in [5.74, 6) is 0.610. The minimum atomic E-state index is -0.125. The third kappa shape index (κ3) is 4.00. The molecule has 31 heavy (non-hydrogen) atoms. The van der Waals surface area contributed by atoms with Crippen molar-refractivity contribution in [2.24, 2.45) is 4.99 Å². The van der Waals surface area contributed by atoms with Gasteiger partial charge in [0.05, 0.1) is 18.0 Å². The molecule has 0 spiro atoms. The van der Waals surface area contributed by atoms with Gasteiger partial charge in [0.15, 0.2) is 0 Å². The second-order valence-electron chi connectivity index (χ2n) is 7.65. The summed E-state index contributed by atoms with van der Waals surface area (Å²) in [6.07, 6.45) is 5.85. The highest BCUT2D eigenvalue weighted by molar-refractivity contribution is 6.08. The number of hydrogen-bond acceptors (Lipinski definition) is 4. The van der Waals surface area contributed by atoms with E-state index in [2.05, 4.69) is 17.5 Å². The van der Waals surface area contributed by atoms with Crippen molar-refractivity contribution in [1.29, 1.82) is 0 Å². The van der Waals surface area contributed by atoms with Crippen LogP contribution in [0.2, 0.25) is 0 Å². The maximum Gasteiger partial charge on any atom is 0.255 e. The molecule has 1 aliphatic carbocycles. The number of amides is 1. The van der Waals surface area contributed by atoms with Crippen LogP contribution >= 0.6 is 0 Å². The van der Waals surface area contributed by atoms with Crippen molar-refractivity contribution in [1.82, 2.24) is 0 Å². The Morgan fingerprint density at radius 2 is 1.90 bits per heavy atom. The first-order valence-corrected chi connectivity index (χ1v) is 10.3. The third-order valence-corrected chi connectivity index (χ3v) is 5.54. The molecule has 0 atom stereocenters. The van der Waals surface area contributed by atoms with Gasteiger partial charge in [-0.05, 0) is 71.1 Å². The zero-order valence-corrected chi connectivity index (χ0v) is 17.0. The van der Waals surface area contributed by atoms with Crippen LogP contribution in [0.15, 0.2) is 71.7 Å². The fourth-order valence-corrected chi connectivity index (χ4v) is 3.95. The summed E-state index contributed by atoms with van der Waals surface area (Å²) in [6, 6.07) is 19.3. The largest absolute Gasteiger partial charge is 0.491 e. The average molecular weight is 410 g/mol. The number of benzene rings is 3. The van der Waals surface area contributed by atoms with E-state index < -0.39 is 0 Å². The summed E-state index contributed by atoms with van der Waals surface area (Å²) in [7, 11) is 0. The lowest BCUT2D eigenvalue weighted by molar-refractivity contribution is 0.102. The SMILES string of the molecule is O=C(Nc1ccc2c(c1)CC=C2)c1ccc(C2=Nc3ccc(OCCO)cc3C2)cc1. The Hall–Kier alpha value is -3.70. The lowest BCUT2D eigenvalue weighted by Crippen LogP contribution is -2.12. The van der Waals surface area contributed by atoms with Crippen LogP contribution < -0.4 is 10.1 Å². The predicted octanol–water partition coefficient (Wildman–Crippen LogP) is 4.56. The van der Waals surface area contributed by atoms with Gasteiger partial charge < -0.3 is 15.2 Å². The van der Waals surface area contributed by atoms with E-state index in [1.807, 2.05) is 60.7 Å². The number of anilines is 1. The van der Waals surface area contributed by atoms with Gasteiger partial charge in [0, 0.05) is 17.7 Å². The van der Waals surface area contributed by atoms with Crippen LogP contribution in [0.5, 0.6) is 5.75 Å². The molecule has 0 unspecified atom stereocenters. The Morgan fingerprint density at radius 3 is 2.74 bits per heavy atom. The zero-order valence-electron chi connectivity index (χ0n) is 17.0. The van der Waals surface area contributed by atoms with E-state index in [0.717, 1.165) is 40.4 Å². The smallest absolute Gasteiger partial charge is 0.255 e. The standard InChI is InChI=1S/C26H22N2O3/c29-12-13-31-23-10-11-24-21(15-23)16-25(28-24)18-4-6-19(7-5-18)26(30)27-22-9-8-17-2-1-3-20(17)14-22/h1-2,4-11,14-15,29H,3,12-13,16H2,(H,27,30). The second-order valence-corrected chi connectivity index (χ2v) is 7.65. The molecule has 0 bridgehead atoms. The highest BCUT2D eigenvalue weighted by atomic mass is 16.5. The number of carbonyl (C=O) groups excluding carboxylic acids is 1. The molecule has 5 nitrogen and oxygen atoms in total. The van der Waals surface area contributed by atoms with Gasteiger partial charge in [0.1, 0.15) is 12.4 Å². The number of aliphatic imine (C=N–C) groups is 1. The number of carbonyl (C=O) groups is 1. The maximum atomic E-state index is 12.7. The molecule has 1 amide bonds. The maximum absolute atomic E-state index is 12.7. The van der Waals surface area contributed by atoms with Crippen LogP contribution in [0, 0.1) is 0 Å². The molecule has 0 radical (unpaired) electrons. The quantitative estimate of drug-likeness (QED) is 0.626. The van der Waals surface area contributed by atoms with Crippen molar-refractivity contribution >= 4 is 29.1 Å². The molecular formula is C26H22N2O3. The molecule has 0 saturated heterocycles. The summed E-state index contributed by atoms with van der Waals surface area (Å²) in [5, 5.41) is 11.9. The minimum Gasteiger partial charge on any atom is -0.491 e. The Morgan fingerprint density at radius 1 is 1.03 bits per heavy atom. The van der Waals surface area contributed by atoms with Crippen LogP contribution in [0.3, 0.4) is 0 Å². The Bertz CT molecular complexity index is 1210. The second kappa shape index (κ2) is 8.20. The van der Waals surface area contributed by atoms with Crippen molar-refractivity contribution in [3.63, 3.8) is 0 Å². The molecule has 2 N–H and O–H groups in total. The van der Waals surface area contributed by atoms with Gasteiger partial charge in [-0.15, -0.1) is 0 Å². The van der Waals surface area contributed by atoms with Crippen molar-refractivity contribution in [2.75, 3.05) is 18.5 Å². The molecular weight excluding hydrogens is 388 g/mol. The minimum absolute atomic E-state index is 0.0115. The van der Waals surface area contributed by atoms with E-state index in [0.29, 0.717) is 12.0 Å². The average Bonchev–Trinajstić information content (AvgIpc) is 3.44. The summed E-state index contributed by atoms with van der Waals surface area (Å²) >= 11 is 0. The Balaban J connectivity index is 1.26. The van der Waals surface area contributed by atoms with Crippen LogP contribution in [0.25, 0.3) is 6.08 Å².